The van der Waals surface area contributed by atoms with Crippen LogP contribution in [0.5, 0.6) is 0 Å². The van der Waals surface area contributed by atoms with Crippen molar-refractivity contribution in [3.63, 3.8) is 0 Å². The lowest BCUT2D eigenvalue weighted by Gasteiger charge is -2.39. The Morgan fingerprint density at radius 3 is 2.61 bits per heavy atom. The normalized spacial score (nSPS) is 33.5. The van der Waals surface area contributed by atoms with E-state index in [1.54, 1.807) is 0 Å². The van der Waals surface area contributed by atoms with Crippen LogP contribution < -0.4 is 0 Å². The van der Waals surface area contributed by atoms with Crippen molar-refractivity contribution in [1.82, 2.24) is 0 Å². The summed E-state index contributed by atoms with van der Waals surface area (Å²) in [6.45, 7) is 4.01. The van der Waals surface area contributed by atoms with Gasteiger partial charge in [0.25, 0.3) is 0 Å². The highest BCUT2D eigenvalue weighted by molar-refractivity contribution is 5.84. The first kappa shape index (κ1) is 11.3. The molecule has 1 heterocycles. The molecule has 0 fully saturated rings. The van der Waals surface area contributed by atoms with Crippen LogP contribution in [0, 0.1) is 11.3 Å². The van der Waals surface area contributed by atoms with Crippen molar-refractivity contribution in [1.29, 1.82) is 5.26 Å². The Hall–Kier alpha value is -1.82. The second-order valence-corrected chi connectivity index (χ2v) is 5.58. The fourth-order valence-corrected chi connectivity index (χ4v) is 3.12. The maximum atomic E-state index is 9.46. The Kier molecular flexibility index (Phi) is 2.25. The van der Waals surface area contributed by atoms with Crippen molar-refractivity contribution in [2.24, 2.45) is 5.16 Å². The molecule has 0 radical (unpaired) electrons. The van der Waals surface area contributed by atoms with Gasteiger partial charge in [-0.25, -0.2) is 0 Å². The number of nitrogens with zero attached hydrogens (tertiary/aromatic N) is 2. The molecule has 1 spiro atoms. The van der Waals surface area contributed by atoms with Crippen LogP contribution in [0.15, 0.2) is 29.4 Å². The van der Waals surface area contributed by atoms with Crippen molar-refractivity contribution in [2.75, 3.05) is 0 Å². The van der Waals surface area contributed by atoms with Crippen LogP contribution in [0.2, 0.25) is 0 Å². The molecule has 2 unspecified atom stereocenters. The lowest BCUT2D eigenvalue weighted by Crippen LogP contribution is -2.38. The van der Waals surface area contributed by atoms with E-state index in [4.69, 9.17) is 4.84 Å². The van der Waals surface area contributed by atoms with Gasteiger partial charge in [-0.3, -0.25) is 0 Å². The van der Waals surface area contributed by atoms with Crippen LogP contribution in [0.1, 0.15) is 44.2 Å². The van der Waals surface area contributed by atoms with E-state index in [9.17, 15) is 5.26 Å². The molecule has 3 rings (SSSR count). The molecule has 0 N–H and O–H groups in total. The zero-order chi connectivity index (χ0) is 12.8. The fourth-order valence-electron chi connectivity index (χ4n) is 3.12. The Labute approximate surface area is 107 Å². The predicted octanol–water partition coefficient (Wildman–Crippen LogP) is 3.25. The summed E-state index contributed by atoms with van der Waals surface area (Å²) in [6, 6.07) is 10.6. The molecule has 3 heteroatoms. The SMILES string of the molecule is CC1=NOC2(CCC(C)(C#N)c3ccccc32)C1. The topological polar surface area (TPSA) is 45.4 Å². The van der Waals surface area contributed by atoms with Crippen molar-refractivity contribution in [2.45, 2.75) is 44.1 Å². The molecule has 1 aromatic carbocycles. The lowest BCUT2D eigenvalue weighted by atomic mass is 9.65. The maximum Gasteiger partial charge on any atom is 0.168 e. The average molecular weight is 240 g/mol. The third-order valence-electron chi connectivity index (χ3n) is 4.21. The largest absolute Gasteiger partial charge is 0.384 e. The van der Waals surface area contributed by atoms with Gasteiger partial charge in [-0.05, 0) is 32.3 Å². The van der Waals surface area contributed by atoms with Crippen molar-refractivity contribution in [3.8, 4) is 6.07 Å². The summed E-state index contributed by atoms with van der Waals surface area (Å²) in [4.78, 5) is 5.74. The summed E-state index contributed by atoms with van der Waals surface area (Å²) in [6.07, 6.45) is 2.52. The molecule has 0 saturated carbocycles. The number of benzene rings is 1. The quantitative estimate of drug-likeness (QED) is 0.698. The van der Waals surface area contributed by atoms with E-state index in [0.29, 0.717) is 0 Å². The van der Waals surface area contributed by atoms with Crippen LogP contribution in [0.4, 0.5) is 0 Å². The van der Waals surface area contributed by atoms with Crippen LogP contribution >= 0.6 is 0 Å². The minimum atomic E-state index is -0.401. The summed E-state index contributed by atoms with van der Waals surface area (Å²) in [7, 11) is 0. The minimum Gasteiger partial charge on any atom is -0.384 e. The number of nitriles is 1. The lowest BCUT2D eigenvalue weighted by molar-refractivity contribution is -0.0411. The summed E-state index contributed by atoms with van der Waals surface area (Å²) in [5.41, 5.74) is 2.55. The van der Waals surface area contributed by atoms with Gasteiger partial charge in [0.1, 0.15) is 0 Å². The van der Waals surface area contributed by atoms with E-state index < -0.39 is 5.41 Å². The van der Waals surface area contributed by atoms with E-state index in [-0.39, 0.29) is 5.60 Å². The monoisotopic (exact) mass is 240 g/mol. The molecular formula is C15H16N2O. The van der Waals surface area contributed by atoms with E-state index in [2.05, 4.69) is 23.4 Å². The molecule has 2 atom stereocenters. The Balaban J connectivity index is 2.15. The number of hydrogen-bond donors (Lipinski definition) is 0. The van der Waals surface area contributed by atoms with Gasteiger partial charge in [-0.1, -0.05) is 29.4 Å². The maximum absolute atomic E-state index is 9.46. The minimum absolute atomic E-state index is 0.322. The van der Waals surface area contributed by atoms with Gasteiger partial charge in [-0.15, -0.1) is 0 Å². The molecular weight excluding hydrogens is 224 g/mol. The second-order valence-electron chi connectivity index (χ2n) is 5.58. The molecule has 1 aromatic rings. The Bertz CT molecular complexity index is 572. The van der Waals surface area contributed by atoms with Crippen molar-refractivity contribution < 1.29 is 4.84 Å². The van der Waals surface area contributed by atoms with Gasteiger partial charge in [0, 0.05) is 12.0 Å². The third-order valence-corrected chi connectivity index (χ3v) is 4.21. The molecule has 1 aliphatic heterocycles. The van der Waals surface area contributed by atoms with Gasteiger partial charge in [0.2, 0.25) is 0 Å². The van der Waals surface area contributed by atoms with Gasteiger partial charge in [-0.2, -0.15) is 5.26 Å². The summed E-state index contributed by atoms with van der Waals surface area (Å²) in [5.74, 6) is 0. The van der Waals surface area contributed by atoms with E-state index >= 15 is 0 Å². The van der Waals surface area contributed by atoms with E-state index in [1.165, 1.54) is 0 Å². The summed E-state index contributed by atoms with van der Waals surface area (Å²) < 4.78 is 0. The predicted molar refractivity (Wildman–Crippen MR) is 69.1 cm³/mol. The molecule has 0 amide bonds. The van der Waals surface area contributed by atoms with Crippen molar-refractivity contribution >= 4 is 5.71 Å². The Morgan fingerprint density at radius 1 is 1.28 bits per heavy atom. The fraction of sp³-hybridized carbons (Fsp3) is 0.467. The molecule has 0 aromatic heterocycles. The standard InChI is InChI=1S/C15H16N2O/c1-11-9-15(18-17-11)8-7-14(2,10-16)12-5-3-4-6-13(12)15/h3-6H,7-9H2,1-2H3. The first-order valence-electron chi connectivity index (χ1n) is 6.33. The van der Waals surface area contributed by atoms with Gasteiger partial charge < -0.3 is 4.84 Å². The first-order chi connectivity index (χ1) is 8.60. The zero-order valence-corrected chi connectivity index (χ0v) is 10.7. The second kappa shape index (κ2) is 3.58. The van der Waals surface area contributed by atoms with Crippen LogP contribution in [0.3, 0.4) is 0 Å². The molecule has 2 aliphatic rings. The summed E-state index contributed by atoms with van der Waals surface area (Å²) >= 11 is 0. The zero-order valence-electron chi connectivity index (χ0n) is 10.7. The number of oxime groups is 1. The highest BCUT2D eigenvalue weighted by atomic mass is 16.7. The first-order valence-corrected chi connectivity index (χ1v) is 6.33. The number of hydrogen-bond acceptors (Lipinski definition) is 3. The van der Waals surface area contributed by atoms with E-state index in [1.807, 2.05) is 26.0 Å². The van der Waals surface area contributed by atoms with Crippen LogP contribution in [-0.4, -0.2) is 5.71 Å². The molecule has 0 bridgehead atoms. The van der Waals surface area contributed by atoms with Crippen LogP contribution in [-0.2, 0) is 15.9 Å². The molecule has 3 nitrogen and oxygen atoms in total. The van der Waals surface area contributed by atoms with Crippen molar-refractivity contribution in [3.05, 3.63) is 35.4 Å². The van der Waals surface area contributed by atoms with Gasteiger partial charge in [0.15, 0.2) is 5.60 Å². The number of fused-ring (bicyclic) bond motifs is 2. The molecule has 18 heavy (non-hydrogen) atoms. The third kappa shape index (κ3) is 1.38. The molecule has 1 aliphatic carbocycles. The highest BCUT2D eigenvalue weighted by Crippen LogP contribution is 2.50. The van der Waals surface area contributed by atoms with Gasteiger partial charge >= 0.3 is 0 Å². The van der Waals surface area contributed by atoms with Gasteiger partial charge in [0.05, 0.1) is 17.2 Å². The number of rotatable bonds is 0. The summed E-state index contributed by atoms with van der Waals surface area (Å²) in [5, 5.41) is 13.6. The molecule has 0 saturated heterocycles. The van der Waals surface area contributed by atoms with E-state index in [0.717, 1.165) is 36.1 Å². The molecule has 92 valence electrons. The smallest absolute Gasteiger partial charge is 0.168 e. The van der Waals surface area contributed by atoms with Crippen LogP contribution in [0.25, 0.3) is 0 Å². The highest BCUT2D eigenvalue weighted by Gasteiger charge is 2.49. The average Bonchev–Trinajstić information content (AvgIpc) is 2.78. The Morgan fingerprint density at radius 2 is 2.00 bits per heavy atom.